The van der Waals surface area contributed by atoms with E-state index < -0.39 is 0 Å². The quantitative estimate of drug-likeness (QED) is 0.788. The number of ether oxygens (including phenoxy) is 1. The lowest BCUT2D eigenvalue weighted by molar-refractivity contribution is 0.407. The molecule has 1 aliphatic carbocycles. The normalized spacial score (nSPS) is 22.0. The lowest BCUT2D eigenvalue weighted by Gasteiger charge is -2.21. The highest BCUT2D eigenvalue weighted by molar-refractivity contribution is 5.55. The summed E-state index contributed by atoms with van der Waals surface area (Å²) >= 11 is 0. The van der Waals surface area contributed by atoms with E-state index in [1.165, 1.54) is 22.3 Å². The van der Waals surface area contributed by atoms with Gasteiger partial charge in [0, 0.05) is 6.04 Å². The number of methoxy groups -OCH3 is 1. The fraction of sp³-hybridized carbons (Fsp3) is 0.571. The third-order valence-electron chi connectivity index (χ3n) is 3.79. The molecule has 0 aromatic heterocycles. The maximum Gasteiger partial charge on any atom is 0.125 e. The molecule has 88 valence electrons. The van der Waals surface area contributed by atoms with E-state index in [4.69, 9.17) is 10.5 Å². The third-order valence-corrected chi connectivity index (χ3v) is 3.79. The van der Waals surface area contributed by atoms with Crippen LogP contribution in [-0.2, 0) is 5.41 Å². The van der Waals surface area contributed by atoms with Gasteiger partial charge in [0.25, 0.3) is 0 Å². The number of rotatable bonds is 1. The first kappa shape index (κ1) is 11.5. The van der Waals surface area contributed by atoms with Crippen LogP contribution in [0.4, 0.5) is 0 Å². The molecule has 1 aliphatic rings. The molecule has 2 heteroatoms. The van der Waals surface area contributed by atoms with Crippen LogP contribution in [0.1, 0.15) is 48.6 Å². The second-order valence-corrected chi connectivity index (χ2v) is 5.51. The van der Waals surface area contributed by atoms with E-state index in [0.717, 1.165) is 12.2 Å². The summed E-state index contributed by atoms with van der Waals surface area (Å²) in [5.74, 6) is 0.993. The summed E-state index contributed by atoms with van der Waals surface area (Å²) in [6.07, 6.45) is 1.02. The minimum atomic E-state index is 0.152. The maximum absolute atomic E-state index is 6.24. The Labute approximate surface area is 97.8 Å². The van der Waals surface area contributed by atoms with Gasteiger partial charge in [-0.15, -0.1) is 0 Å². The molecule has 2 rings (SSSR count). The number of aryl methyl sites for hydroxylation is 1. The first-order chi connectivity index (χ1) is 7.38. The van der Waals surface area contributed by atoms with E-state index in [2.05, 4.69) is 33.8 Å². The van der Waals surface area contributed by atoms with Crippen LogP contribution in [0.25, 0.3) is 0 Å². The molecule has 1 aromatic rings. The van der Waals surface area contributed by atoms with Crippen molar-refractivity contribution in [2.75, 3.05) is 7.11 Å². The fourth-order valence-electron chi connectivity index (χ4n) is 3.09. The van der Waals surface area contributed by atoms with Crippen LogP contribution in [0.15, 0.2) is 6.07 Å². The summed E-state index contributed by atoms with van der Waals surface area (Å²) in [6.45, 7) is 8.76. The Bertz CT molecular complexity index is 435. The predicted molar refractivity (Wildman–Crippen MR) is 67.0 cm³/mol. The highest BCUT2D eigenvalue weighted by Gasteiger charge is 2.37. The molecule has 0 saturated heterocycles. The highest BCUT2D eigenvalue weighted by Crippen LogP contribution is 2.47. The Morgan fingerprint density at radius 2 is 2.00 bits per heavy atom. The van der Waals surface area contributed by atoms with Crippen molar-refractivity contribution in [2.24, 2.45) is 5.73 Å². The van der Waals surface area contributed by atoms with Gasteiger partial charge in [-0.3, -0.25) is 0 Å². The van der Waals surface area contributed by atoms with Crippen LogP contribution in [0.3, 0.4) is 0 Å². The number of fused-ring (bicyclic) bond motifs is 1. The minimum absolute atomic E-state index is 0.152. The van der Waals surface area contributed by atoms with E-state index in [1.807, 2.05) is 0 Å². The molecule has 0 radical (unpaired) electrons. The summed E-state index contributed by atoms with van der Waals surface area (Å²) in [7, 11) is 1.73. The van der Waals surface area contributed by atoms with Gasteiger partial charge in [-0.05, 0) is 47.9 Å². The van der Waals surface area contributed by atoms with Crippen LogP contribution in [-0.4, -0.2) is 7.11 Å². The second kappa shape index (κ2) is 3.49. The smallest absolute Gasteiger partial charge is 0.125 e. The van der Waals surface area contributed by atoms with Gasteiger partial charge in [-0.2, -0.15) is 0 Å². The fourth-order valence-corrected chi connectivity index (χ4v) is 3.09. The van der Waals surface area contributed by atoms with Gasteiger partial charge in [0.1, 0.15) is 5.75 Å². The average Bonchev–Trinajstić information content (AvgIpc) is 2.37. The summed E-state index contributed by atoms with van der Waals surface area (Å²) in [5.41, 5.74) is 11.6. The molecule has 0 spiro atoms. The van der Waals surface area contributed by atoms with Crippen LogP contribution < -0.4 is 10.5 Å². The predicted octanol–water partition coefficient (Wildman–Crippen LogP) is 2.99. The lowest BCUT2D eigenvalue weighted by atomic mass is 9.85. The molecular weight excluding hydrogens is 198 g/mol. The van der Waals surface area contributed by atoms with Crippen molar-refractivity contribution < 1.29 is 4.74 Å². The highest BCUT2D eigenvalue weighted by atomic mass is 16.5. The Kier molecular flexibility index (Phi) is 2.50. The molecule has 1 aromatic carbocycles. The maximum atomic E-state index is 6.24. The van der Waals surface area contributed by atoms with E-state index in [-0.39, 0.29) is 11.5 Å². The SMILES string of the molecule is COc1c(C)cc2c(c1C)C(N)CC2(C)C. The van der Waals surface area contributed by atoms with Crippen LogP contribution in [0.5, 0.6) is 5.75 Å². The standard InChI is InChI=1S/C14H21NO/c1-8-6-10-12(9(2)13(8)16-5)11(15)7-14(10,3)4/h6,11H,7,15H2,1-5H3. The molecule has 16 heavy (non-hydrogen) atoms. The summed E-state index contributed by atoms with van der Waals surface area (Å²) in [6, 6.07) is 2.40. The van der Waals surface area contributed by atoms with Crippen molar-refractivity contribution >= 4 is 0 Å². The first-order valence-corrected chi connectivity index (χ1v) is 5.82. The van der Waals surface area contributed by atoms with E-state index in [9.17, 15) is 0 Å². The molecule has 0 saturated carbocycles. The monoisotopic (exact) mass is 219 g/mol. The second-order valence-electron chi connectivity index (χ2n) is 5.51. The van der Waals surface area contributed by atoms with Crippen molar-refractivity contribution in [2.45, 2.75) is 45.6 Å². The third kappa shape index (κ3) is 1.44. The largest absolute Gasteiger partial charge is 0.496 e. The zero-order valence-corrected chi connectivity index (χ0v) is 10.8. The van der Waals surface area contributed by atoms with Gasteiger partial charge in [-0.1, -0.05) is 19.9 Å². The number of nitrogens with two attached hydrogens (primary N) is 1. The molecule has 2 N–H and O–H groups in total. The first-order valence-electron chi connectivity index (χ1n) is 5.82. The topological polar surface area (TPSA) is 35.2 Å². The zero-order valence-electron chi connectivity index (χ0n) is 10.8. The van der Waals surface area contributed by atoms with E-state index in [0.29, 0.717) is 0 Å². The molecular formula is C14H21NO. The Morgan fingerprint density at radius 1 is 1.38 bits per heavy atom. The van der Waals surface area contributed by atoms with Crippen LogP contribution in [0, 0.1) is 13.8 Å². The van der Waals surface area contributed by atoms with Gasteiger partial charge >= 0.3 is 0 Å². The molecule has 0 bridgehead atoms. The van der Waals surface area contributed by atoms with Gasteiger partial charge < -0.3 is 10.5 Å². The summed E-state index contributed by atoms with van der Waals surface area (Å²) in [5, 5.41) is 0. The van der Waals surface area contributed by atoms with Gasteiger partial charge in [-0.25, -0.2) is 0 Å². The molecule has 0 fully saturated rings. The molecule has 1 unspecified atom stereocenters. The molecule has 0 aliphatic heterocycles. The lowest BCUT2D eigenvalue weighted by Crippen LogP contribution is -2.14. The van der Waals surface area contributed by atoms with Crippen molar-refractivity contribution in [3.8, 4) is 5.75 Å². The molecule has 2 nitrogen and oxygen atoms in total. The number of hydrogen-bond donors (Lipinski definition) is 1. The molecule has 1 atom stereocenters. The minimum Gasteiger partial charge on any atom is -0.496 e. The van der Waals surface area contributed by atoms with Gasteiger partial charge in [0.05, 0.1) is 7.11 Å². The Balaban J connectivity index is 2.72. The van der Waals surface area contributed by atoms with Crippen LogP contribution in [0.2, 0.25) is 0 Å². The van der Waals surface area contributed by atoms with Gasteiger partial charge in [0.15, 0.2) is 0 Å². The molecule has 0 amide bonds. The van der Waals surface area contributed by atoms with Crippen molar-refractivity contribution in [3.63, 3.8) is 0 Å². The molecule has 0 heterocycles. The summed E-state index contributed by atoms with van der Waals surface area (Å²) < 4.78 is 5.46. The van der Waals surface area contributed by atoms with Crippen molar-refractivity contribution in [1.82, 2.24) is 0 Å². The number of benzene rings is 1. The summed E-state index contributed by atoms with van der Waals surface area (Å²) in [4.78, 5) is 0. The van der Waals surface area contributed by atoms with Gasteiger partial charge in [0.2, 0.25) is 0 Å². The van der Waals surface area contributed by atoms with Crippen molar-refractivity contribution in [3.05, 3.63) is 28.3 Å². The Morgan fingerprint density at radius 3 is 2.56 bits per heavy atom. The van der Waals surface area contributed by atoms with E-state index in [1.54, 1.807) is 7.11 Å². The average molecular weight is 219 g/mol. The number of hydrogen-bond acceptors (Lipinski definition) is 2. The zero-order chi connectivity index (χ0) is 12.1. The van der Waals surface area contributed by atoms with Crippen molar-refractivity contribution in [1.29, 1.82) is 0 Å². The Hall–Kier alpha value is -1.02. The van der Waals surface area contributed by atoms with Crippen LogP contribution >= 0.6 is 0 Å². The van der Waals surface area contributed by atoms with E-state index >= 15 is 0 Å².